The number of amides is 1. The fraction of sp³-hybridized carbons (Fsp3) is 0.500. The maximum absolute atomic E-state index is 12.8. The number of nitrogens with zero attached hydrogens (tertiary/aromatic N) is 1. The topological polar surface area (TPSA) is 42.0 Å². The van der Waals surface area contributed by atoms with Crippen LogP contribution >= 0.6 is 0 Å². The van der Waals surface area contributed by atoms with E-state index in [2.05, 4.69) is 17.2 Å². The molecule has 0 saturated heterocycles. The van der Waals surface area contributed by atoms with Gasteiger partial charge in [-0.3, -0.25) is 4.79 Å². The van der Waals surface area contributed by atoms with Crippen LogP contribution < -0.4 is 5.32 Å². The maximum atomic E-state index is 12.8. The molecule has 0 aromatic carbocycles. The lowest BCUT2D eigenvalue weighted by atomic mass is 10.1. The molecule has 0 bridgehead atoms. The molecule has 92 valence electrons. The van der Waals surface area contributed by atoms with E-state index >= 15 is 0 Å². The smallest absolute Gasteiger partial charge is 0.251 e. The molecular formula is C12H14F2N2O. The first kappa shape index (κ1) is 12.0. The quantitative estimate of drug-likeness (QED) is 0.806. The van der Waals surface area contributed by atoms with Crippen molar-refractivity contribution in [1.29, 1.82) is 0 Å². The summed E-state index contributed by atoms with van der Waals surface area (Å²) in [5, 5.41) is 2.80. The van der Waals surface area contributed by atoms with E-state index in [1.54, 1.807) is 0 Å². The number of aromatic nitrogens is 1. The molecule has 2 rings (SSSR count). The molecule has 17 heavy (non-hydrogen) atoms. The van der Waals surface area contributed by atoms with Crippen LogP contribution in [-0.4, -0.2) is 16.9 Å². The van der Waals surface area contributed by atoms with Crippen molar-refractivity contribution in [3.05, 3.63) is 29.6 Å². The Hall–Kier alpha value is -1.52. The van der Waals surface area contributed by atoms with E-state index in [0.29, 0.717) is 5.92 Å². The van der Waals surface area contributed by atoms with Crippen LogP contribution in [0.3, 0.4) is 0 Å². The van der Waals surface area contributed by atoms with Gasteiger partial charge in [0, 0.05) is 23.7 Å². The summed E-state index contributed by atoms with van der Waals surface area (Å²) in [7, 11) is 0. The molecule has 0 spiro atoms. The first-order valence-corrected chi connectivity index (χ1v) is 5.70. The fourth-order valence-corrected chi connectivity index (χ4v) is 2.21. The van der Waals surface area contributed by atoms with E-state index in [1.807, 2.05) is 0 Å². The second-order valence-corrected chi connectivity index (χ2v) is 4.49. The van der Waals surface area contributed by atoms with Crippen molar-refractivity contribution in [3.63, 3.8) is 0 Å². The summed E-state index contributed by atoms with van der Waals surface area (Å²) in [4.78, 5) is 14.7. The van der Waals surface area contributed by atoms with Gasteiger partial charge in [-0.2, -0.15) is 13.8 Å². The van der Waals surface area contributed by atoms with Crippen LogP contribution in [0.2, 0.25) is 0 Å². The summed E-state index contributed by atoms with van der Waals surface area (Å²) >= 11 is 0. The van der Waals surface area contributed by atoms with Crippen molar-refractivity contribution in [2.45, 2.75) is 32.2 Å². The number of halogens is 2. The Labute approximate surface area is 98.2 Å². The predicted octanol–water partition coefficient (Wildman–Crippen LogP) is 2.28. The highest BCUT2D eigenvalue weighted by Gasteiger charge is 2.25. The second-order valence-electron chi connectivity index (χ2n) is 4.49. The van der Waals surface area contributed by atoms with Crippen LogP contribution in [0.4, 0.5) is 8.78 Å². The molecule has 1 amide bonds. The van der Waals surface area contributed by atoms with Gasteiger partial charge in [-0.15, -0.1) is 0 Å². The molecule has 2 atom stereocenters. The van der Waals surface area contributed by atoms with Crippen LogP contribution in [-0.2, 0) is 0 Å². The van der Waals surface area contributed by atoms with Crippen LogP contribution in [0, 0.1) is 17.8 Å². The fourth-order valence-electron chi connectivity index (χ4n) is 2.21. The molecule has 2 unspecified atom stereocenters. The molecule has 0 aliphatic heterocycles. The number of nitrogens with one attached hydrogen (secondary N) is 1. The first-order chi connectivity index (χ1) is 8.06. The Morgan fingerprint density at radius 1 is 1.35 bits per heavy atom. The molecule has 1 saturated carbocycles. The Morgan fingerprint density at radius 3 is 2.53 bits per heavy atom. The number of hydrogen-bond donors (Lipinski definition) is 1. The molecule has 1 heterocycles. The highest BCUT2D eigenvalue weighted by atomic mass is 19.1. The van der Waals surface area contributed by atoms with Gasteiger partial charge in [-0.05, 0) is 18.8 Å². The van der Waals surface area contributed by atoms with Gasteiger partial charge < -0.3 is 5.32 Å². The summed E-state index contributed by atoms with van der Waals surface area (Å²) in [6.07, 6.45) is 3.07. The van der Waals surface area contributed by atoms with Gasteiger partial charge in [0.1, 0.15) is 0 Å². The van der Waals surface area contributed by atoms with Gasteiger partial charge in [0.15, 0.2) is 0 Å². The molecule has 1 fully saturated rings. The minimum atomic E-state index is -0.977. The van der Waals surface area contributed by atoms with Gasteiger partial charge in [-0.25, -0.2) is 0 Å². The average Bonchev–Trinajstić information content (AvgIpc) is 2.63. The molecule has 1 N–H and O–H groups in total. The molecule has 1 aromatic rings. The van der Waals surface area contributed by atoms with Gasteiger partial charge in [0.2, 0.25) is 11.9 Å². The summed E-state index contributed by atoms with van der Waals surface area (Å²) < 4.78 is 25.7. The van der Waals surface area contributed by atoms with Crippen LogP contribution in [0.1, 0.15) is 36.5 Å². The molecule has 5 heteroatoms. The Kier molecular flexibility index (Phi) is 3.36. The number of carbonyl (C=O) groups excluding carboxylic acids is 1. The van der Waals surface area contributed by atoms with Crippen molar-refractivity contribution >= 4 is 5.91 Å². The van der Waals surface area contributed by atoms with E-state index in [1.165, 1.54) is 0 Å². The second kappa shape index (κ2) is 4.77. The summed E-state index contributed by atoms with van der Waals surface area (Å²) in [6, 6.07) is 1.98. The van der Waals surface area contributed by atoms with E-state index in [9.17, 15) is 13.6 Å². The molecule has 1 aromatic heterocycles. The number of hydrogen-bond acceptors (Lipinski definition) is 2. The van der Waals surface area contributed by atoms with Crippen molar-refractivity contribution in [2.24, 2.45) is 5.92 Å². The zero-order valence-electron chi connectivity index (χ0n) is 9.54. The van der Waals surface area contributed by atoms with Gasteiger partial charge in [-0.1, -0.05) is 13.3 Å². The lowest BCUT2D eigenvalue weighted by molar-refractivity contribution is 0.0928. The lowest BCUT2D eigenvalue weighted by Gasteiger charge is -2.17. The molecular weight excluding hydrogens is 226 g/mol. The van der Waals surface area contributed by atoms with Crippen molar-refractivity contribution in [3.8, 4) is 0 Å². The third kappa shape index (κ3) is 2.78. The van der Waals surface area contributed by atoms with Crippen molar-refractivity contribution < 1.29 is 13.6 Å². The predicted molar refractivity (Wildman–Crippen MR) is 58.4 cm³/mol. The minimum absolute atomic E-state index is 0.0194. The summed E-state index contributed by atoms with van der Waals surface area (Å²) in [5.74, 6) is -1.98. The van der Waals surface area contributed by atoms with Gasteiger partial charge in [0.25, 0.3) is 5.91 Å². The number of pyridine rings is 1. The minimum Gasteiger partial charge on any atom is -0.349 e. The third-order valence-corrected chi connectivity index (χ3v) is 3.20. The number of carbonyl (C=O) groups is 1. The Morgan fingerprint density at radius 2 is 2.00 bits per heavy atom. The van der Waals surface area contributed by atoms with E-state index in [0.717, 1.165) is 31.4 Å². The monoisotopic (exact) mass is 240 g/mol. The molecule has 1 aliphatic rings. The highest BCUT2D eigenvalue weighted by molar-refractivity contribution is 5.94. The maximum Gasteiger partial charge on any atom is 0.251 e. The van der Waals surface area contributed by atoms with Crippen LogP contribution in [0.5, 0.6) is 0 Å². The van der Waals surface area contributed by atoms with Gasteiger partial charge >= 0.3 is 0 Å². The first-order valence-electron chi connectivity index (χ1n) is 5.70. The van der Waals surface area contributed by atoms with Gasteiger partial charge in [0.05, 0.1) is 0 Å². The van der Waals surface area contributed by atoms with Crippen molar-refractivity contribution in [2.75, 3.05) is 0 Å². The largest absolute Gasteiger partial charge is 0.349 e. The molecule has 3 nitrogen and oxygen atoms in total. The van der Waals surface area contributed by atoms with Crippen LogP contribution in [0.15, 0.2) is 12.1 Å². The summed E-state index contributed by atoms with van der Waals surface area (Å²) in [5.41, 5.74) is -0.0194. The van der Waals surface area contributed by atoms with Crippen molar-refractivity contribution in [1.82, 2.24) is 10.3 Å². The SMILES string of the molecule is CC1CCCC1NC(=O)c1cc(F)nc(F)c1. The van der Waals surface area contributed by atoms with Crippen LogP contribution in [0.25, 0.3) is 0 Å². The molecule has 1 aliphatic carbocycles. The summed E-state index contributed by atoms with van der Waals surface area (Å²) in [6.45, 7) is 2.06. The normalized spacial score (nSPS) is 23.7. The van der Waals surface area contributed by atoms with E-state index < -0.39 is 17.8 Å². The van der Waals surface area contributed by atoms with E-state index in [-0.39, 0.29) is 11.6 Å². The molecule has 0 radical (unpaired) electrons. The highest BCUT2D eigenvalue weighted by Crippen LogP contribution is 2.25. The zero-order valence-corrected chi connectivity index (χ0v) is 9.54. The Bertz CT molecular complexity index is 416. The average molecular weight is 240 g/mol. The third-order valence-electron chi connectivity index (χ3n) is 3.20. The lowest BCUT2D eigenvalue weighted by Crippen LogP contribution is -2.36. The Balaban J connectivity index is 2.09. The van der Waals surface area contributed by atoms with E-state index in [4.69, 9.17) is 0 Å². The zero-order chi connectivity index (χ0) is 12.4. The standard InChI is InChI=1S/C12H14F2N2O/c1-7-3-2-4-9(7)15-12(17)8-5-10(13)16-11(14)6-8/h5-7,9H,2-4H2,1H3,(H,15,17). The number of rotatable bonds is 2.